The van der Waals surface area contributed by atoms with E-state index in [9.17, 15) is 9.59 Å². The number of nitrogens with one attached hydrogen (secondary N) is 1. The third-order valence-electron chi connectivity index (χ3n) is 4.93. The van der Waals surface area contributed by atoms with Crippen molar-refractivity contribution < 1.29 is 4.79 Å². The van der Waals surface area contributed by atoms with E-state index in [0.717, 1.165) is 32.2 Å². The second-order valence-electron chi connectivity index (χ2n) is 7.77. The summed E-state index contributed by atoms with van der Waals surface area (Å²) in [4.78, 5) is 30.9. The molecule has 2 aromatic heterocycles. The average molecular weight is 484 g/mol. The largest absolute Gasteiger partial charge is 0.326 e. The summed E-state index contributed by atoms with van der Waals surface area (Å²) < 4.78 is 2.61. The highest BCUT2D eigenvalue weighted by atomic mass is 32.2. The number of hydrogen-bond donors (Lipinski definition) is 1. The summed E-state index contributed by atoms with van der Waals surface area (Å²) in [5.74, 6) is 1.33. The zero-order chi connectivity index (χ0) is 22.7. The number of carbonyl (C=O) groups excluding carboxylic acids is 1. The van der Waals surface area contributed by atoms with Crippen molar-refractivity contribution in [3.63, 3.8) is 0 Å². The van der Waals surface area contributed by atoms with Crippen LogP contribution in [-0.2, 0) is 17.8 Å². The van der Waals surface area contributed by atoms with E-state index >= 15 is 0 Å². The minimum atomic E-state index is -0.0734. The molecule has 0 radical (unpaired) electrons. The zero-order valence-corrected chi connectivity index (χ0v) is 20.7. The Morgan fingerprint density at radius 3 is 2.66 bits per heavy atom. The first-order chi connectivity index (χ1) is 15.4. The van der Waals surface area contributed by atoms with E-state index in [1.807, 2.05) is 35.7 Å². The maximum absolute atomic E-state index is 12.6. The Bertz CT molecular complexity index is 1290. The molecule has 0 saturated carbocycles. The molecule has 0 aliphatic rings. The van der Waals surface area contributed by atoms with Gasteiger partial charge in [-0.2, -0.15) is 0 Å². The molecule has 0 unspecified atom stereocenters. The molecule has 0 bridgehead atoms. The highest BCUT2D eigenvalue weighted by molar-refractivity contribution is 7.99. The maximum Gasteiger partial charge on any atom is 0.308 e. The Morgan fingerprint density at radius 1 is 1.19 bits per heavy atom. The SMILES string of the molecule is CCSc1ccc(CC(=O)Nc2ccc3c(c2)sc(=O)n3Cc2csc(C(C)C)n2)cc1. The van der Waals surface area contributed by atoms with Crippen LogP contribution in [0.5, 0.6) is 0 Å². The molecule has 0 atom stereocenters. The van der Waals surface area contributed by atoms with E-state index in [-0.39, 0.29) is 10.8 Å². The maximum atomic E-state index is 12.6. The van der Waals surface area contributed by atoms with Crippen LogP contribution in [0, 0.1) is 0 Å². The predicted octanol–water partition coefficient (Wildman–Crippen LogP) is 5.98. The predicted molar refractivity (Wildman–Crippen MR) is 137 cm³/mol. The minimum Gasteiger partial charge on any atom is -0.326 e. The molecule has 4 aromatic rings. The molecule has 8 heteroatoms. The lowest BCUT2D eigenvalue weighted by atomic mass is 10.1. The number of carbonyl (C=O) groups is 1. The second kappa shape index (κ2) is 10.0. The molecular weight excluding hydrogens is 458 g/mol. The minimum absolute atomic E-state index is 0.0207. The topological polar surface area (TPSA) is 64.0 Å². The van der Waals surface area contributed by atoms with Crippen LogP contribution in [0.3, 0.4) is 0 Å². The van der Waals surface area contributed by atoms with Gasteiger partial charge in [0.2, 0.25) is 5.91 Å². The summed E-state index contributed by atoms with van der Waals surface area (Å²) in [6.45, 7) is 6.81. The van der Waals surface area contributed by atoms with E-state index < -0.39 is 0 Å². The standard InChI is InChI=1S/C24H25N3O2S3/c1-4-30-19-8-5-16(6-9-19)11-22(28)25-17-7-10-20-21(12-17)32-24(29)27(20)13-18-14-31-23(26-18)15(2)3/h5-10,12,14-15H,4,11,13H2,1-3H3,(H,25,28). The number of fused-ring (bicyclic) bond motifs is 1. The van der Waals surface area contributed by atoms with E-state index in [0.29, 0.717) is 24.6 Å². The van der Waals surface area contributed by atoms with Gasteiger partial charge in [0, 0.05) is 21.9 Å². The Morgan fingerprint density at radius 2 is 1.97 bits per heavy atom. The lowest BCUT2D eigenvalue weighted by Gasteiger charge is -2.07. The van der Waals surface area contributed by atoms with Crippen LogP contribution < -0.4 is 10.2 Å². The molecule has 32 heavy (non-hydrogen) atoms. The third-order valence-corrected chi connectivity index (χ3v) is 7.96. The number of benzene rings is 2. The summed E-state index contributed by atoms with van der Waals surface area (Å²) in [5, 5.41) is 6.06. The van der Waals surface area contributed by atoms with Crippen LogP contribution in [0.15, 0.2) is 57.5 Å². The first-order valence-corrected chi connectivity index (χ1v) is 13.2. The van der Waals surface area contributed by atoms with Crippen LogP contribution in [0.4, 0.5) is 5.69 Å². The van der Waals surface area contributed by atoms with Crippen LogP contribution >= 0.6 is 34.4 Å². The smallest absolute Gasteiger partial charge is 0.308 e. The number of aromatic nitrogens is 2. The van der Waals surface area contributed by atoms with Crippen molar-refractivity contribution in [1.82, 2.24) is 9.55 Å². The molecule has 5 nitrogen and oxygen atoms in total. The van der Waals surface area contributed by atoms with Gasteiger partial charge < -0.3 is 5.32 Å². The molecule has 0 aliphatic heterocycles. The fraction of sp³-hybridized carbons (Fsp3) is 0.292. The van der Waals surface area contributed by atoms with Gasteiger partial charge >= 0.3 is 4.87 Å². The van der Waals surface area contributed by atoms with Crippen LogP contribution in [0.2, 0.25) is 0 Å². The van der Waals surface area contributed by atoms with Gasteiger partial charge in [-0.15, -0.1) is 23.1 Å². The Balaban J connectivity index is 1.46. The first kappa shape index (κ1) is 22.8. The summed E-state index contributed by atoms with van der Waals surface area (Å²) in [5.41, 5.74) is 3.44. The quantitative estimate of drug-likeness (QED) is 0.313. The van der Waals surface area contributed by atoms with Crippen molar-refractivity contribution in [2.75, 3.05) is 11.1 Å². The number of thioether (sulfide) groups is 1. The van der Waals surface area contributed by atoms with E-state index in [1.54, 1.807) is 27.7 Å². The molecule has 2 heterocycles. The second-order valence-corrected chi connectivity index (χ2v) is 11.0. The molecule has 166 valence electrons. The van der Waals surface area contributed by atoms with Gasteiger partial charge in [-0.1, -0.05) is 44.2 Å². The fourth-order valence-electron chi connectivity index (χ4n) is 3.38. The third kappa shape index (κ3) is 5.31. The normalized spacial score (nSPS) is 11.4. The average Bonchev–Trinajstić information content (AvgIpc) is 3.34. The van der Waals surface area contributed by atoms with Crippen molar-refractivity contribution in [3.05, 3.63) is 73.8 Å². The van der Waals surface area contributed by atoms with Gasteiger partial charge in [0.1, 0.15) is 0 Å². The molecule has 0 saturated heterocycles. The van der Waals surface area contributed by atoms with Crippen molar-refractivity contribution in [2.45, 2.75) is 44.6 Å². The molecule has 0 fully saturated rings. The van der Waals surface area contributed by atoms with E-state index in [2.05, 4.69) is 43.2 Å². The summed E-state index contributed by atoms with van der Waals surface area (Å²) in [7, 11) is 0. The van der Waals surface area contributed by atoms with Crippen molar-refractivity contribution in [3.8, 4) is 0 Å². The lowest BCUT2D eigenvalue weighted by Crippen LogP contribution is -2.15. The number of thiazole rings is 2. The molecule has 0 spiro atoms. The molecule has 4 rings (SSSR count). The van der Waals surface area contributed by atoms with Crippen LogP contribution in [0.1, 0.15) is 43.0 Å². The van der Waals surface area contributed by atoms with E-state index in [1.165, 1.54) is 16.2 Å². The molecule has 0 aliphatic carbocycles. The van der Waals surface area contributed by atoms with E-state index in [4.69, 9.17) is 0 Å². The summed E-state index contributed by atoms with van der Waals surface area (Å²) in [6, 6.07) is 13.7. The number of amides is 1. The lowest BCUT2D eigenvalue weighted by molar-refractivity contribution is -0.115. The molecule has 1 N–H and O–H groups in total. The summed E-state index contributed by atoms with van der Waals surface area (Å²) >= 11 is 4.61. The van der Waals surface area contributed by atoms with Gasteiger partial charge in [-0.25, -0.2) is 4.98 Å². The number of hydrogen-bond acceptors (Lipinski definition) is 6. The Labute approximate surface area is 199 Å². The van der Waals surface area contributed by atoms with Crippen LogP contribution in [-0.4, -0.2) is 21.2 Å². The summed E-state index contributed by atoms with van der Waals surface area (Å²) in [6.07, 6.45) is 0.314. The van der Waals surface area contributed by atoms with Crippen molar-refractivity contribution >= 4 is 56.2 Å². The number of anilines is 1. The van der Waals surface area contributed by atoms with Gasteiger partial charge in [-0.05, 0) is 41.6 Å². The first-order valence-electron chi connectivity index (χ1n) is 10.5. The monoisotopic (exact) mass is 483 g/mol. The van der Waals surface area contributed by atoms with Gasteiger partial charge in [0.05, 0.1) is 33.9 Å². The number of rotatable bonds is 8. The molecule has 2 aromatic carbocycles. The Kier molecular flexibility index (Phi) is 7.13. The highest BCUT2D eigenvalue weighted by Gasteiger charge is 2.13. The molecular formula is C24H25N3O2S3. The van der Waals surface area contributed by atoms with Crippen LogP contribution in [0.25, 0.3) is 10.2 Å². The van der Waals surface area contributed by atoms with Crippen molar-refractivity contribution in [1.29, 1.82) is 0 Å². The zero-order valence-electron chi connectivity index (χ0n) is 18.3. The van der Waals surface area contributed by atoms with Gasteiger partial charge in [-0.3, -0.25) is 14.2 Å². The van der Waals surface area contributed by atoms with Gasteiger partial charge in [0.15, 0.2) is 0 Å². The Hall–Kier alpha value is -2.42. The fourth-order valence-corrected chi connectivity index (χ4v) is 5.79. The molecule has 1 amide bonds. The highest BCUT2D eigenvalue weighted by Crippen LogP contribution is 2.25. The number of nitrogens with zero attached hydrogens (tertiary/aromatic N) is 2. The van der Waals surface area contributed by atoms with Gasteiger partial charge in [0.25, 0.3) is 0 Å². The van der Waals surface area contributed by atoms with Crippen molar-refractivity contribution in [2.24, 2.45) is 0 Å².